The second-order valence-corrected chi connectivity index (χ2v) is 6.17. The molecular formula is C21H17Cl2N2O2-. The van der Waals surface area contributed by atoms with Crippen LogP contribution in [-0.2, 0) is 9.59 Å². The third-order valence-electron chi connectivity index (χ3n) is 4.50. The van der Waals surface area contributed by atoms with Crippen molar-refractivity contribution in [2.24, 2.45) is 0 Å². The lowest BCUT2D eigenvalue weighted by molar-refractivity contribution is -0.113. The molecule has 2 aromatic carbocycles. The molecule has 1 aliphatic carbocycles. The Balaban J connectivity index is 0.00000182. The molecular weight excluding hydrogens is 383 g/mol. The van der Waals surface area contributed by atoms with Crippen LogP contribution in [0.1, 0.15) is 30.5 Å². The molecule has 0 aromatic heterocycles. The van der Waals surface area contributed by atoms with E-state index in [1.807, 2.05) is 31.2 Å². The molecule has 0 atom stereocenters. The fourth-order valence-corrected chi connectivity index (χ4v) is 3.05. The Morgan fingerprint density at radius 2 is 1.04 bits per heavy atom. The summed E-state index contributed by atoms with van der Waals surface area (Å²) in [6, 6.07) is 14.2. The van der Waals surface area contributed by atoms with Crippen LogP contribution in [0.5, 0.6) is 0 Å². The van der Waals surface area contributed by atoms with Gasteiger partial charge in [0.15, 0.2) is 16.5 Å². The van der Waals surface area contributed by atoms with Crippen molar-refractivity contribution in [1.82, 2.24) is 0 Å². The number of hydrogen-bond donors (Lipinski definition) is 0. The van der Waals surface area contributed by atoms with E-state index in [0.717, 1.165) is 11.1 Å². The number of Topliss-reactive ketones (excluding diaryl/α,β-unsaturated/α-hetero) is 2. The average Bonchev–Trinajstić information content (AvgIpc) is 2.62. The number of halogens is 2. The van der Waals surface area contributed by atoms with Gasteiger partial charge in [-0.25, -0.2) is 0 Å². The molecule has 2 aromatic rings. The van der Waals surface area contributed by atoms with Crippen LogP contribution in [0.25, 0.3) is 16.1 Å². The molecule has 4 nitrogen and oxygen atoms in total. The van der Waals surface area contributed by atoms with Gasteiger partial charge in [-0.15, -0.1) is 0 Å². The number of rotatable bonds is 2. The van der Waals surface area contributed by atoms with Crippen LogP contribution in [0.3, 0.4) is 0 Å². The van der Waals surface area contributed by atoms with E-state index in [2.05, 4.69) is 4.98 Å². The van der Waals surface area contributed by atoms with Crippen LogP contribution >= 0.6 is 0 Å². The maximum atomic E-state index is 12.9. The summed E-state index contributed by atoms with van der Waals surface area (Å²) in [4.78, 5) is 29.0. The molecule has 0 unspecified atom stereocenters. The summed E-state index contributed by atoms with van der Waals surface area (Å²) in [5.41, 5.74) is 4.64. The number of nitrogens with zero attached hydrogens (tertiary/aromatic N) is 2. The van der Waals surface area contributed by atoms with E-state index in [-0.39, 0.29) is 36.4 Å². The number of aryl methyl sites for hydroxylation is 1. The molecule has 0 spiro atoms. The second kappa shape index (κ2) is 8.77. The molecule has 0 saturated heterocycles. The van der Waals surface area contributed by atoms with E-state index in [4.69, 9.17) is 5.39 Å². The van der Waals surface area contributed by atoms with Crippen molar-refractivity contribution < 1.29 is 34.4 Å². The van der Waals surface area contributed by atoms with Gasteiger partial charge in [0.1, 0.15) is 0 Å². The SMILES string of the molecule is CC1=C(c2ccc(C)cc2)C(=O)C(C)=C(c2ccc([N+]#N)cc2)C1=O.[Cl-].[Cl-]. The fraction of sp³-hybridized carbons (Fsp3) is 0.143. The topological polar surface area (TPSA) is 62.3 Å². The van der Waals surface area contributed by atoms with Gasteiger partial charge in [0.2, 0.25) is 5.39 Å². The van der Waals surface area contributed by atoms with Crippen molar-refractivity contribution >= 4 is 28.4 Å². The molecule has 1 aliphatic rings. The van der Waals surface area contributed by atoms with Crippen LogP contribution in [0.4, 0.5) is 5.69 Å². The zero-order chi connectivity index (χ0) is 18.1. The van der Waals surface area contributed by atoms with Crippen molar-refractivity contribution in [3.8, 4) is 0 Å². The molecule has 0 amide bonds. The lowest BCUT2D eigenvalue weighted by Crippen LogP contribution is -3.00. The van der Waals surface area contributed by atoms with Crippen molar-refractivity contribution in [2.75, 3.05) is 0 Å². The van der Waals surface area contributed by atoms with Gasteiger partial charge >= 0.3 is 5.69 Å². The van der Waals surface area contributed by atoms with E-state index < -0.39 is 0 Å². The third-order valence-corrected chi connectivity index (χ3v) is 4.50. The summed E-state index contributed by atoms with van der Waals surface area (Å²) in [7, 11) is 0. The summed E-state index contributed by atoms with van der Waals surface area (Å²) in [5.74, 6) is -0.284. The van der Waals surface area contributed by atoms with Crippen molar-refractivity contribution in [1.29, 1.82) is 5.39 Å². The predicted molar refractivity (Wildman–Crippen MR) is 97.6 cm³/mol. The maximum absolute atomic E-state index is 12.9. The molecule has 27 heavy (non-hydrogen) atoms. The van der Waals surface area contributed by atoms with Gasteiger partial charge in [-0.1, -0.05) is 29.8 Å². The summed E-state index contributed by atoms with van der Waals surface area (Å²) in [5, 5.41) is 8.79. The van der Waals surface area contributed by atoms with E-state index >= 15 is 0 Å². The molecule has 0 heterocycles. The Bertz CT molecular complexity index is 996. The lowest BCUT2D eigenvalue weighted by Gasteiger charge is -2.21. The molecule has 138 valence electrons. The highest BCUT2D eigenvalue weighted by molar-refractivity contribution is 6.47. The number of hydrogen-bond acceptors (Lipinski definition) is 3. The van der Waals surface area contributed by atoms with Crippen LogP contribution in [0, 0.1) is 12.3 Å². The number of allylic oxidation sites excluding steroid dienone is 4. The Hall–Kier alpha value is -2.74. The molecule has 0 saturated carbocycles. The fourth-order valence-electron chi connectivity index (χ4n) is 3.05. The molecule has 6 heteroatoms. The van der Waals surface area contributed by atoms with Crippen molar-refractivity contribution in [2.45, 2.75) is 20.8 Å². The van der Waals surface area contributed by atoms with Crippen LogP contribution < -0.4 is 24.8 Å². The molecule has 0 fully saturated rings. The zero-order valence-corrected chi connectivity index (χ0v) is 16.6. The number of carbonyl (C=O) groups excluding carboxylic acids is 2. The smallest absolute Gasteiger partial charge is 0.385 e. The van der Waals surface area contributed by atoms with E-state index in [1.165, 1.54) is 0 Å². The predicted octanol–water partition coefficient (Wildman–Crippen LogP) is -1.11. The minimum absolute atomic E-state index is 0. The Morgan fingerprint density at radius 3 is 1.41 bits per heavy atom. The highest BCUT2D eigenvalue weighted by atomic mass is 35.5. The highest BCUT2D eigenvalue weighted by Crippen LogP contribution is 2.36. The van der Waals surface area contributed by atoms with E-state index in [0.29, 0.717) is 33.5 Å². The molecule has 0 bridgehead atoms. The van der Waals surface area contributed by atoms with Crippen LogP contribution in [0.2, 0.25) is 0 Å². The van der Waals surface area contributed by atoms with Crippen molar-refractivity contribution in [3.05, 3.63) is 81.3 Å². The third kappa shape index (κ3) is 4.00. The minimum atomic E-state index is -0.152. The van der Waals surface area contributed by atoms with Gasteiger partial charge in [0.05, 0.1) is 0 Å². The van der Waals surface area contributed by atoms with Crippen molar-refractivity contribution in [3.63, 3.8) is 0 Å². The van der Waals surface area contributed by atoms with Crippen LogP contribution in [-0.4, -0.2) is 11.6 Å². The first-order valence-corrected chi connectivity index (χ1v) is 7.97. The summed E-state index contributed by atoms with van der Waals surface area (Å²) in [6.07, 6.45) is 0. The Morgan fingerprint density at radius 1 is 0.667 bits per heavy atom. The molecule has 0 radical (unpaired) electrons. The Labute approximate surface area is 170 Å². The van der Waals surface area contributed by atoms with Gasteiger partial charge in [0.25, 0.3) is 0 Å². The Kier molecular flexibility index (Phi) is 7.24. The van der Waals surface area contributed by atoms with Gasteiger partial charge in [-0.3, -0.25) is 9.59 Å². The largest absolute Gasteiger partial charge is 1.00 e. The average molecular weight is 400 g/mol. The maximum Gasteiger partial charge on any atom is 0.385 e. The quantitative estimate of drug-likeness (QED) is 0.475. The summed E-state index contributed by atoms with van der Waals surface area (Å²) >= 11 is 0. The summed E-state index contributed by atoms with van der Waals surface area (Å²) in [6.45, 7) is 5.35. The van der Waals surface area contributed by atoms with Gasteiger partial charge in [-0.05, 0) is 44.0 Å². The number of carbonyl (C=O) groups is 2. The number of benzene rings is 2. The minimum Gasteiger partial charge on any atom is -1.00 e. The van der Waals surface area contributed by atoms with Gasteiger partial charge < -0.3 is 24.8 Å². The standard InChI is InChI=1S/C21H17N2O2.2ClH/c1-12-4-6-15(7-5-12)18-13(2)21(25)19(14(3)20(18)24)16-8-10-17(23-22)11-9-16;;/h4-11H,1-3H3;2*1H/q+1;;/p-2. The monoisotopic (exact) mass is 399 g/mol. The molecule has 0 N–H and O–H groups in total. The molecule has 3 rings (SSSR count). The first-order valence-electron chi connectivity index (χ1n) is 7.97. The number of diazo groups is 1. The first-order chi connectivity index (χ1) is 11.9. The summed E-state index contributed by atoms with van der Waals surface area (Å²) < 4.78 is 0. The van der Waals surface area contributed by atoms with Crippen LogP contribution in [0.15, 0.2) is 59.7 Å². The molecule has 0 aliphatic heterocycles. The normalized spacial score (nSPS) is 13.7. The second-order valence-electron chi connectivity index (χ2n) is 6.17. The first kappa shape index (κ1) is 22.3. The van der Waals surface area contributed by atoms with Gasteiger partial charge in [0, 0.05) is 34.4 Å². The van der Waals surface area contributed by atoms with E-state index in [9.17, 15) is 9.59 Å². The highest BCUT2D eigenvalue weighted by Gasteiger charge is 2.31. The number of ketones is 2. The zero-order valence-electron chi connectivity index (χ0n) is 15.1. The lowest BCUT2D eigenvalue weighted by atomic mass is 9.80. The van der Waals surface area contributed by atoms with Gasteiger partial charge in [-0.2, -0.15) is 0 Å². The van der Waals surface area contributed by atoms with E-state index in [1.54, 1.807) is 38.1 Å².